The molecule has 2 saturated heterocycles. The van der Waals surface area contributed by atoms with Crippen LogP contribution in [0.1, 0.15) is 46.0 Å². The van der Waals surface area contributed by atoms with Gasteiger partial charge in [0.25, 0.3) is 5.91 Å². The fourth-order valence-electron chi connectivity index (χ4n) is 2.74. The van der Waals surface area contributed by atoms with Crippen molar-refractivity contribution >= 4 is 17.8 Å². The molecule has 0 aromatic heterocycles. The number of amides is 4. The number of hydrazine groups is 2. The van der Waals surface area contributed by atoms with Crippen molar-refractivity contribution in [2.24, 2.45) is 0 Å². The third-order valence-corrected chi connectivity index (χ3v) is 3.93. The minimum absolute atomic E-state index is 0.0652. The van der Waals surface area contributed by atoms with Gasteiger partial charge < -0.3 is 0 Å². The van der Waals surface area contributed by atoms with Crippen LogP contribution >= 0.6 is 0 Å². The Morgan fingerprint density at radius 1 is 1.14 bits per heavy atom. The molecule has 2 rings (SSSR count). The van der Waals surface area contributed by atoms with Gasteiger partial charge in [-0.2, -0.15) is 0 Å². The van der Waals surface area contributed by atoms with Crippen LogP contribution in [0.2, 0.25) is 0 Å². The zero-order valence-electron chi connectivity index (χ0n) is 13.3. The molecule has 4 amide bonds. The van der Waals surface area contributed by atoms with Crippen LogP contribution in [0.4, 0.5) is 4.79 Å². The zero-order chi connectivity index (χ0) is 16.1. The van der Waals surface area contributed by atoms with Crippen LogP contribution in [0.5, 0.6) is 0 Å². The van der Waals surface area contributed by atoms with Crippen molar-refractivity contribution in [3.05, 3.63) is 11.6 Å². The van der Waals surface area contributed by atoms with Gasteiger partial charge in [0, 0.05) is 25.1 Å². The number of nitrogens with one attached hydrogen (secondary N) is 1. The van der Waals surface area contributed by atoms with Crippen LogP contribution in [0.15, 0.2) is 11.6 Å². The van der Waals surface area contributed by atoms with Gasteiger partial charge >= 0.3 is 6.03 Å². The molecule has 2 aliphatic rings. The van der Waals surface area contributed by atoms with Crippen molar-refractivity contribution in [1.29, 1.82) is 0 Å². The molecule has 0 spiro atoms. The molecular weight excluding hydrogens is 284 g/mol. The highest BCUT2D eigenvalue weighted by Gasteiger charge is 2.35. The predicted molar refractivity (Wildman–Crippen MR) is 81.2 cm³/mol. The number of hydrogen-bond donors (Lipinski definition) is 1. The molecule has 0 atom stereocenters. The van der Waals surface area contributed by atoms with Gasteiger partial charge in [-0.3, -0.25) is 15.0 Å². The molecule has 22 heavy (non-hydrogen) atoms. The molecule has 2 aliphatic heterocycles. The maximum atomic E-state index is 12.6. The highest BCUT2D eigenvalue weighted by atomic mass is 16.2. The number of hydrogen-bond acceptors (Lipinski definition) is 3. The van der Waals surface area contributed by atoms with Gasteiger partial charge in [-0.25, -0.2) is 19.8 Å². The molecule has 0 radical (unpaired) electrons. The summed E-state index contributed by atoms with van der Waals surface area (Å²) in [7, 11) is 0. The van der Waals surface area contributed by atoms with Crippen molar-refractivity contribution in [2.75, 3.05) is 19.6 Å². The normalized spacial score (nSPS) is 19.9. The Morgan fingerprint density at radius 2 is 1.82 bits per heavy atom. The van der Waals surface area contributed by atoms with Crippen LogP contribution in [0, 0.1) is 0 Å². The van der Waals surface area contributed by atoms with Crippen LogP contribution in [0.3, 0.4) is 0 Å². The number of rotatable bonds is 4. The molecular formula is C15H24N4O3. The van der Waals surface area contributed by atoms with Gasteiger partial charge in [-0.1, -0.05) is 19.9 Å². The number of urea groups is 1. The summed E-state index contributed by atoms with van der Waals surface area (Å²) in [6.45, 7) is 5.16. The Balaban J connectivity index is 2.11. The maximum Gasteiger partial charge on any atom is 0.357 e. The molecule has 122 valence electrons. The van der Waals surface area contributed by atoms with E-state index in [0.717, 1.165) is 19.3 Å². The van der Waals surface area contributed by atoms with E-state index in [1.165, 1.54) is 15.0 Å². The maximum absolute atomic E-state index is 12.6. The monoisotopic (exact) mass is 308 g/mol. The highest BCUT2D eigenvalue weighted by molar-refractivity contribution is 5.95. The molecule has 0 saturated carbocycles. The first kappa shape index (κ1) is 16.3. The second-order valence-corrected chi connectivity index (χ2v) is 5.46. The van der Waals surface area contributed by atoms with Crippen molar-refractivity contribution in [3.63, 3.8) is 0 Å². The van der Waals surface area contributed by atoms with E-state index in [2.05, 4.69) is 5.43 Å². The summed E-state index contributed by atoms with van der Waals surface area (Å²) in [4.78, 5) is 36.9. The summed E-state index contributed by atoms with van der Waals surface area (Å²) in [5, 5.41) is 4.24. The van der Waals surface area contributed by atoms with E-state index in [1.54, 1.807) is 0 Å². The Hall–Kier alpha value is -2.05. The summed E-state index contributed by atoms with van der Waals surface area (Å²) < 4.78 is 0. The van der Waals surface area contributed by atoms with E-state index in [-0.39, 0.29) is 30.8 Å². The van der Waals surface area contributed by atoms with Gasteiger partial charge in [-0.15, -0.1) is 0 Å². The van der Waals surface area contributed by atoms with Crippen molar-refractivity contribution in [1.82, 2.24) is 20.5 Å². The minimum Gasteiger partial charge on any atom is -0.273 e. The smallest absolute Gasteiger partial charge is 0.273 e. The van der Waals surface area contributed by atoms with E-state index in [4.69, 9.17) is 0 Å². The molecule has 7 heteroatoms. The number of carbonyl (C=O) groups is 3. The first-order valence-corrected chi connectivity index (χ1v) is 7.97. The lowest BCUT2D eigenvalue weighted by atomic mass is 10.1. The van der Waals surface area contributed by atoms with E-state index in [0.29, 0.717) is 25.1 Å². The Labute approximate surface area is 130 Å². The number of nitrogens with zero attached hydrogens (tertiary/aromatic N) is 3. The average molecular weight is 308 g/mol. The van der Waals surface area contributed by atoms with Gasteiger partial charge in [0.15, 0.2) is 0 Å². The summed E-state index contributed by atoms with van der Waals surface area (Å²) in [5.74, 6) is -0.333. The van der Waals surface area contributed by atoms with Gasteiger partial charge in [0.1, 0.15) is 0 Å². The first-order valence-electron chi connectivity index (χ1n) is 7.97. The van der Waals surface area contributed by atoms with Gasteiger partial charge in [-0.05, 0) is 25.7 Å². The third kappa shape index (κ3) is 3.40. The Kier molecular flexibility index (Phi) is 5.41. The minimum atomic E-state index is -0.328. The lowest BCUT2D eigenvalue weighted by molar-refractivity contribution is -0.145. The molecule has 0 aliphatic carbocycles. The molecule has 1 N–H and O–H groups in total. The molecule has 0 aromatic carbocycles. The van der Waals surface area contributed by atoms with Crippen LogP contribution < -0.4 is 5.43 Å². The van der Waals surface area contributed by atoms with Gasteiger partial charge in [0.05, 0.1) is 6.54 Å². The molecule has 2 fully saturated rings. The molecule has 0 bridgehead atoms. The standard InChI is InChI=1S/C15H24N4O3/c1-3-7-12(4-2)14(21)16-17-11-8-13(20)18-9-5-6-10-19(18)15(17)22/h7H,3-6,8-11H2,1-2H3,(H,16,21)/b12-7+. The molecule has 2 heterocycles. The van der Waals surface area contributed by atoms with Crippen molar-refractivity contribution < 1.29 is 14.4 Å². The van der Waals surface area contributed by atoms with Crippen molar-refractivity contribution in [2.45, 2.75) is 46.0 Å². The molecule has 0 aromatic rings. The third-order valence-electron chi connectivity index (χ3n) is 3.93. The summed E-state index contributed by atoms with van der Waals surface area (Å²) in [6, 6.07) is -0.328. The summed E-state index contributed by atoms with van der Waals surface area (Å²) in [5.41, 5.74) is 3.31. The second-order valence-electron chi connectivity index (χ2n) is 5.46. The van der Waals surface area contributed by atoms with Gasteiger partial charge in [0.2, 0.25) is 5.91 Å². The Morgan fingerprint density at radius 3 is 2.45 bits per heavy atom. The topological polar surface area (TPSA) is 73.0 Å². The van der Waals surface area contributed by atoms with E-state index < -0.39 is 0 Å². The van der Waals surface area contributed by atoms with Crippen LogP contribution in [-0.4, -0.2) is 52.5 Å². The predicted octanol–water partition coefficient (Wildman–Crippen LogP) is 1.43. The number of allylic oxidation sites excluding steroid dienone is 1. The first-order chi connectivity index (χ1) is 10.6. The quantitative estimate of drug-likeness (QED) is 0.799. The zero-order valence-corrected chi connectivity index (χ0v) is 13.3. The van der Waals surface area contributed by atoms with Crippen LogP contribution in [0.25, 0.3) is 0 Å². The fourth-order valence-corrected chi connectivity index (χ4v) is 2.74. The highest BCUT2D eigenvalue weighted by Crippen LogP contribution is 2.17. The average Bonchev–Trinajstić information content (AvgIpc) is 2.65. The van der Waals surface area contributed by atoms with E-state index in [9.17, 15) is 14.4 Å². The number of fused-ring (bicyclic) bond motifs is 1. The van der Waals surface area contributed by atoms with Crippen LogP contribution in [-0.2, 0) is 9.59 Å². The second kappa shape index (κ2) is 7.29. The largest absolute Gasteiger partial charge is 0.357 e. The lowest BCUT2D eigenvalue weighted by Crippen LogP contribution is -2.57. The molecule has 7 nitrogen and oxygen atoms in total. The lowest BCUT2D eigenvalue weighted by Gasteiger charge is -2.38. The SMILES string of the molecule is CC/C=C(\CC)C(=O)NN1CCC(=O)N2CCCCN2C1=O. The fraction of sp³-hybridized carbons (Fsp3) is 0.667. The summed E-state index contributed by atoms with van der Waals surface area (Å²) in [6.07, 6.45) is 5.23. The number of carbonyl (C=O) groups excluding carboxylic acids is 3. The van der Waals surface area contributed by atoms with Crippen molar-refractivity contribution in [3.8, 4) is 0 Å². The Bertz CT molecular complexity index is 489. The summed E-state index contributed by atoms with van der Waals surface area (Å²) >= 11 is 0. The van der Waals surface area contributed by atoms with E-state index in [1.807, 2.05) is 19.9 Å². The van der Waals surface area contributed by atoms with E-state index >= 15 is 0 Å². The molecule has 0 unspecified atom stereocenters.